The summed E-state index contributed by atoms with van der Waals surface area (Å²) in [5.41, 5.74) is 6.77. The van der Waals surface area contributed by atoms with E-state index in [4.69, 9.17) is 4.74 Å². The van der Waals surface area contributed by atoms with Crippen LogP contribution < -0.4 is 20.9 Å². The number of amides is 3. The van der Waals surface area contributed by atoms with E-state index in [0.29, 0.717) is 11.3 Å². The van der Waals surface area contributed by atoms with Crippen molar-refractivity contribution < 1.29 is 19.1 Å². The SMILES string of the molecule is Cc1cccc(C(=O)NCC(=O)NNC(=O)COc2ccccc2C)c1. The van der Waals surface area contributed by atoms with Crippen molar-refractivity contribution in [3.63, 3.8) is 0 Å². The van der Waals surface area contributed by atoms with Gasteiger partial charge in [-0.25, -0.2) is 0 Å². The third-order valence-electron chi connectivity index (χ3n) is 3.48. The molecule has 0 aromatic heterocycles. The Morgan fingerprint density at radius 3 is 2.38 bits per heavy atom. The topological polar surface area (TPSA) is 96.5 Å². The highest BCUT2D eigenvalue weighted by Gasteiger charge is 2.09. The summed E-state index contributed by atoms with van der Waals surface area (Å²) in [6.07, 6.45) is 0. The lowest BCUT2D eigenvalue weighted by Crippen LogP contribution is -2.47. The lowest BCUT2D eigenvalue weighted by Gasteiger charge is -2.10. The summed E-state index contributed by atoms with van der Waals surface area (Å²) in [6.45, 7) is 3.25. The van der Waals surface area contributed by atoms with Crippen LogP contribution in [0.2, 0.25) is 0 Å². The van der Waals surface area contributed by atoms with E-state index < -0.39 is 11.8 Å². The number of aryl methyl sites for hydroxylation is 2. The summed E-state index contributed by atoms with van der Waals surface area (Å²) in [6, 6.07) is 14.3. The molecule has 7 nitrogen and oxygen atoms in total. The van der Waals surface area contributed by atoms with Gasteiger partial charge in [-0.05, 0) is 37.6 Å². The maximum absolute atomic E-state index is 11.9. The molecule has 0 radical (unpaired) electrons. The molecule has 0 aliphatic carbocycles. The van der Waals surface area contributed by atoms with Gasteiger partial charge in [-0.1, -0.05) is 35.9 Å². The normalized spacial score (nSPS) is 9.92. The minimum absolute atomic E-state index is 0.235. The molecular formula is C19H21N3O4. The van der Waals surface area contributed by atoms with Gasteiger partial charge < -0.3 is 10.1 Å². The molecule has 0 atom stereocenters. The number of hydrazine groups is 1. The second-order valence-corrected chi connectivity index (χ2v) is 5.70. The average molecular weight is 355 g/mol. The number of benzene rings is 2. The summed E-state index contributed by atoms with van der Waals surface area (Å²) in [7, 11) is 0. The molecule has 2 rings (SSSR count). The van der Waals surface area contributed by atoms with Crippen molar-refractivity contribution in [1.29, 1.82) is 0 Å². The Hall–Kier alpha value is -3.35. The maximum atomic E-state index is 11.9. The average Bonchev–Trinajstić information content (AvgIpc) is 2.63. The molecular weight excluding hydrogens is 334 g/mol. The van der Waals surface area contributed by atoms with Gasteiger partial charge in [0.2, 0.25) is 0 Å². The van der Waals surface area contributed by atoms with Crippen LogP contribution in [0.15, 0.2) is 48.5 Å². The van der Waals surface area contributed by atoms with Crippen molar-refractivity contribution in [2.24, 2.45) is 0 Å². The molecule has 0 bridgehead atoms. The van der Waals surface area contributed by atoms with Crippen LogP contribution in [-0.2, 0) is 9.59 Å². The van der Waals surface area contributed by atoms with Crippen molar-refractivity contribution in [3.8, 4) is 5.75 Å². The molecule has 2 aromatic rings. The van der Waals surface area contributed by atoms with Crippen LogP contribution in [0.25, 0.3) is 0 Å². The third-order valence-corrected chi connectivity index (χ3v) is 3.48. The lowest BCUT2D eigenvalue weighted by atomic mass is 10.1. The van der Waals surface area contributed by atoms with Crippen molar-refractivity contribution in [3.05, 3.63) is 65.2 Å². The van der Waals surface area contributed by atoms with Gasteiger partial charge in [-0.2, -0.15) is 0 Å². The predicted molar refractivity (Wildman–Crippen MR) is 96.5 cm³/mol. The van der Waals surface area contributed by atoms with Gasteiger partial charge in [0.1, 0.15) is 5.75 Å². The fourth-order valence-electron chi connectivity index (χ4n) is 2.13. The Bertz CT molecular complexity index is 805. The molecule has 136 valence electrons. The van der Waals surface area contributed by atoms with E-state index in [0.717, 1.165) is 11.1 Å². The van der Waals surface area contributed by atoms with Crippen LogP contribution in [0.5, 0.6) is 5.75 Å². The fourth-order valence-corrected chi connectivity index (χ4v) is 2.13. The van der Waals surface area contributed by atoms with Gasteiger partial charge >= 0.3 is 0 Å². The largest absolute Gasteiger partial charge is 0.483 e. The zero-order chi connectivity index (χ0) is 18.9. The molecule has 0 aliphatic rings. The summed E-state index contributed by atoms with van der Waals surface area (Å²) in [5.74, 6) is -0.820. The van der Waals surface area contributed by atoms with Crippen LogP contribution in [0.4, 0.5) is 0 Å². The number of carbonyl (C=O) groups is 3. The van der Waals surface area contributed by atoms with Gasteiger partial charge in [-0.3, -0.25) is 25.2 Å². The third kappa shape index (κ3) is 5.94. The first-order valence-corrected chi connectivity index (χ1v) is 8.06. The first kappa shape index (κ1) is 19.0. The Kier molecular flexibility index (Phi) is 6.73. The molecule has 0 saturated heterocycles. The van der Waals surface area contributed by atoms with Crippen LogP contribution in [-0.4, -0.2) is 30.9 Å². The fraction of sp³-hybridized carbons (Fsp3) is 0.211. The van der Waals surface area contributed by atoms with Gasteiger partial charge in [0.15, 0.2) is 6.61 Å². The van der Waals surface area contributed by atoms with Gasteiger partial charge in [0, 0.05) is 5.56 Å². The van der Waals surface area contributed by atoms with Crippen LogP contribution in [0, 0.1) is 13.8 Å². The van der Waals surface area contributed by atoms with Crippen molar-refractivity contribution in [1.82, 2.24) is 16.2 Å². The first-order valence-electron chi connectivity index (χ1n) is 8.06. The van der Waals surface area contributed by atoms with E-state index in [1.807, 2.05) is 32.0 Å². The minimum atomic E-state index is -0.546. The first-order chi connectivity index (χ1) is 12.5. The van der Waals surface area contributed by atoms with Crippen LogP contribution in [0.3, 0.4) is 0 Å². The van der Waals surface area contributed by atoms with E-state index in [2.05, 4.69) is 16.2 Å². The molecule has 0 saturated carbocycles. The maximum Gasteiger partial charge on any atom is 0.276 e. The molecule has 0 unspecified atom stereocenters. The molecule has 0 heterocycles. The quantitative estimate of drug-likeness (QED) is 0.680. The number of rotatable bonds is 6. The number of ether oxygens (including phenoxy) is 1. The Balaban J connectivity index is 1.69. The zero-order valence-corrected chi connectivity index (χ0v) is 14.7. The van der Waals surface area contributed by atoms with E-state index in [1.54, 1.807) is 30.3 Å². The summed E-state index contributed by atoms with van der Waals surface area (Å²) in [4.78, 5) is 35.3. The second kappa shape index (κ2) is 9.22. The smallest absolute Gasteiger partial charge is 0.276 e. The number of nitrogens with one attached hydrogen (secondary N) is 3. The zero-order valence-electron chi connectivity index (χ0n) is 14.7. The number of hydrogen-bond donors (Lipinski definition) is 3. The van der Waals surface area contributed by atoms with E-state index in [9.17, 15) is 14.4 Å². The lowest BCUT2D eigenvalue weighted by molar-refractivity contribution is -0.129. The second-order valence-electron chi connectivity index (χ2n) is 5.70. The molecule has 3 amide bonds. The van der Waals surface area contributed by atoms with Crippen molar-refractivity contribution >= 4 is 17.7 Å². The molecule has 0 aliphatic heterocycles. The standard InChI is InChI=1S/C19H21N3O4/c1-13-6-5-8-15(10-13)19(25)20-11-17(23)21-22-18(24)12-26-16-9-4-3-7-14(16)2/h3-10H,11-12H2,1-2H3,(H,20,25)(H,21,23)(H,22,24). The highest BCUT2D eigenvalue weighted by atomic mass is 16.5. The van der Waals surface area contributed by atoms with Gasteiger partial charge in [0.25, 0.3) is 17.7 Å². The van der Waals surface area contributed by atoms with Crippen LogP contribution in [0.1, 0.15) is 21.5 Å². The molecule has 26 heavy (non-hydrogen) atoms. The number of para-hydroxylation sites is 1. The Morgan fingerprint density at radius 2 is 1.65 bits per heavy atom. The van der Waals surface area contributed by atoms with Crippen LogP contribution >= 0.6 is 0 Å². The summed E-state index contributed by atoms with van der Waals surface area (Å²) in [5, 5.41) is 2.48. The number of hydrogen-bond acceptors (Lipinski definition) is 4. The monoisotopic (exact) mass is 355 g/mol. The van der Waals surface area contributed by atoms with Crippen molar-refractivity contribution in [2.75, 3.05) is 13.2 Å². The molecule has 2 aromatic carbocycles. The predicted octanol–water partition coefficient (Wildman–Crippen LogP) is 1.26. The summed E-state index contributed by atoms with van der Waals surface area (Å²) >= 11 is 0. The van der Waals surface area contributed by atoms with Crippen molar-refractivity contribution in [2.45, 2.75) is 13.8 Å². The molecule has 3 N–H and O–H groups in total. The van der Waals surface area contributed by atoms with Gasteiger partial charge in [0.05, 0.1) is 6.54 Å². The minimum Gasteiger partial charge on any atom is -0.483 e. The van der Waals surface area contributed by atoms with E-state index >= 15 is 0 Å². The van der Waals surface area contributed by atoms with E-state index in [1.165, 1.54) is 0 Å². The van der Waals surface area contributed by atoms with E-state index in [-0.39, 0.29) is 19.1 Å². The summed E-state index contributed by atoms with van der Waals surface area (Å²) < 4.78 is 5.37. The highest BCUT2D eigenvalue weighted by molar-refractivity contribution is 5.96. The molecule has 0 spiro atoms. The van der Waals surface area contributed by atoms with Gasteiger partial charge in [-0.15, -0.1) is 0 Å². The highest BCUT2D eigenvalue weighted by Crippen LogP contribution is 2.15. The Labute approximate surface area is 151 Å². The number of carbonyl (C=O) groups excluding carboxylic acids is 3. The molecule has 7 heteroatoms. The Morgan fingerprint density at radius 1 is 0.923 bits per heavy atom. The molecule has 0 fully saturated rings.